The van der Waals surface area contributed by atoms with Crippen LogP contribution in [0.15, 0.2) is 30.6 Å². The van der Waals surface area contributed by atoms with E-state index in [-0.39, 0.29) is 18.5 Å². The number of Topliss-reactive ketones (excluding diaryl/α,β-unsaturated/α-hetero) is 1. The Morgan fingerprint density at radius 1 is 1.41 bits per heavy atom. The van der Waals surface area contributed by atoms with E-state index in [2.05, 4.69) is 4.98 Å². The summed E-state index contributed by atoms with van der Waals surface area (Å²) in [5.74, 6) is 0.0573. The average Bonchev–Trinajstić information content (AvgIpc) is 2.70. The Kier molecular flexibility index (Phi) is 3.54. The summed E-state index contributed by atoms with van der Waals surface area (Å²) in [4.78, 5) is 15.9. The zero-order valence-corrected chi connectivity index (χ0v) is 10.1. The molecular weight excluding hydrogens is 216 g/mol. The highest BCUT2D eigenvalue weighted by Crippen LogP contribution is 2.11. The van der Waals surface area contributed by atoms with E-state index in [0.29, 0.717) is 6.54 Å². The second-order valence-corrected chi connectivity index (χ2v) is 4.26. The van der Waals surface area contributed by atoms with Crippen LogP contribution in [0.3, 0.4) is 0 Å². The van der Waals surface area contributed by atoms with Gasteiger partial charge < -0.3 is 9.30 Å². The molecule has 1 aromatic carbocycles. The number of carbonyl (C=O) groups is 1. The fourth-order valence-corrected chi connectivity index (χ4v) is 1.63. The minimum absolute atomic E-state index is 0.0573. The largest absolute Gasteiger partial charge is 0.371 e. The van der Waals surface area contributed by atoms with E-state index in [0.717, 1.165) is 11.0 Å². The third-order valence-corrected chi connectivity index (χ3v) is 2.45. The first-order chi connectivity index (χ1) is 8.16. The minimum atomic E-state index is 0.0573. The van der Waals surface area contributed by atoms with Crippen LogP contribution in [0.2, 0.25) is 0 Å². The molecule has 0 saturated heterocycles. The van der Waals surface area contributed by atoms with Gasteiger partial charge in [-0.3, -0.25) is 4.79 Å². The number of fused-ring (bicyclic) bond motifs is 1. The van der Waals surface area contributed by atoms with E-state index in [1.54, 1.807) is 6.33 Å². The Morgan fingerprint density at radius 2 is 2.18 bits per heavy atom. The zero-order chi connectivity index (χ0) is 12.3. The normalized spacial score (nSPS) is 11.2. The van der Waals surface area contributed by atoms with Crippen LogP contribution < -0.4 is 0 Å². The van der Waals surface area contributed by atoms with Gasteiger partial charge in [0.25, 0.3) is 0 Å². The quantitative estimate of drug-likeness (QED) is 0.792. The van der Waals surface area contributed by atoms with Gasteiger partial charge in [0.15, 0.2) is 5.78 Å². The zero-order valence-electron chi connectivity index (χ0n) is 10.1. The van der Waals surface area contributed by atoms with Crippen molar-refractivity contribution in [1.29, 1.82) is 0 Å². The lowest BCUT2D eigenvalue weighted by Gasteiger charge is -2.07. The lowest BCUT2D eigenvalue weighted by Crippen LogP contribution is -2.18. The van der Waals surface area contributed by atoms with Gasteiger partial charge >= 0.3 is 0 Å². The first-order valence-corrected chi connectivity index (χ1v) is 5.70. The van der Waals surface area contributed by atoms with Gasteiger partial charge in [0, 0.05) is 0 Å². The standard InChI is InChI=1S/C13H16N2O2/c1-10(2)17-8-11(16)7-15-9-14-12-5-3-4-6-13(12)15/h3-6,9-10H,7-8H2,1-2H3. The minimum Gasteiger partial charge on any atom is -0.371 e. The molecule has 0 aliphatic heterocycles. The van der Waals surface area contributed by atoms with Crippen molar-refractivity contribution in [3.8, 4) is 0 Å². The molecule has 0 atom stereocenters. The van der Waals surface area contributed by atoms with Crippen LogP contribution in [0.4, 0.5) is 0 Å². The number of para-hydroxylation sites is 2. The summed E-state index contributed by atoms with van der Waals surface area (Å²) >= 11 is 0. The smallest absolute Gasteiger partial charge is 0.178 e. The molecule has 0 radical (unpaired) electrons. The molecule has 0 aliphatic rings. The number of imidazole rings is 1. The molecule has 4 nitrogen and oxygen atoms in total. The van der Waals surface area contributed by atoms with E-state index < -0.39 is 0 Å². The van der Waals surface area contributed by atoms with E-state index in [9.17, 15) is 4.79 Å². The van der Waals surface area contributed by atoms with Crippen molar-refractivity contribution in [3.05, 3.63) is 30.6 Å². The number of carbonyl (C=O) groups excluding carboxylic acids is 1. The summed E-state index contributed by atoms with van der Waals surface area (Å²) < 4.78 is 7.13. The van der Waals surface area contributed by atoms with Gasteiger partial charge in [-0.1, -0.05) is 12.1 Å². The van der Waals surface area contributed by atoms with Crippen molar-refractivity contribution in [2.24, 2.45) is 0 Å². The van der Waals surface area contributed by atoms with E-state index in [4.69, 9.17) is 4.74 Å². The van der Waals surface area contributed by atoms with Crippen LogP contribution in [0, 0.1) is 0 Å². The van der Waals surface area contributed by atoms with Gasteiger partial charge in [0.1, 0.15) is 6.61 Å². The lowest BCUT2D eigenvalue weighted by molar-refractivity contribution is -0.125. The van der Waals surface area contributed by atoms with E-state index >= 15 is 0 Å². The highest BCUT2D eigenvalue weighted by atomic mass is 16.5. The molecule has 0 bridgehead atoms. The van der Waals surface area contributed by atoms with Crippen molar-refractivity contribution in [1.82, 2.24) is 9.55 Å². The fraction of sp³-hybridized carbons (Fsp3) is 0.385. The molecule has 0 N–H and O–H groups in total. The SMILES string of the molecule is CC(C)OCC(=O)Cn1cnc2ccccc21. The number of ketones is 1. The molecule has 0 unspecified atom stereocenters. The maximum atomic E-state index is 11.7. The molecule has 2 rings (SSSR count). The maximum absolute atomic E-state index is 11.7. The molecule has 0 fully saturated rings. The number of rotatable bonds is 5. The molecule has 1 aromatic heterocycles. The summed E-state index contributed by atoms with van der Waals surface area (Å²) in [5.41, 5.74) is 1.88. The van der Waals surface area contributed by atoms with Crippen LogP contribution in [-0.2, 0) is 16.1 Å². The van der Waals surface area contributed by atoms with Gasteiger partial charge in [0.05, 0.1) is 30.0 Å². The predicted octanol–water partition coefficient (Wildman–Crippen LogP) is 2.03. The second-order valence-electron chi connectivity index (χ2n) is 4.26. The Morgan fingerprint density at radius 3 is 2.94 bits per heavy atom. The van der Waals surface area contributed by atoms with Crippen LogP contribution >= 0.6 is 0 Å². The molecule has 4 heteroatoms. The van der Waals surface area contributed by atoms with Crippen LogP contribution in [0.25, 0.3) is 11.0 Å². The summed E-state index contributed by atoms with van der Waals surface area (Å²) in [6.45, 7) is 4.30. The van der Waals surface area contributed by atoms with E-state index in [1.165, 1.54) is 0 Å². The predicted molar refractivity (Wildman–Crippen MR) is 65.8 cm³/mol. The van der Waals surface area contributed by atoms with Crippen LogP contribution in [-0.4, -0.2) is 28.0 Å². The summed E-state index contributed by atoms with van der Waals surface area (Å²) in [5, 5.41) is 0. The Balaban J connectivity index is 2.06. The number of nitrogens with zero attached hydrogens (tertiary/aromatic N) is 2. The average molecular weight is 232 g/mol. The molecule has 0 aliphatic carbocycles. The van der Waals surface area contributed by atoms with Crippen LogP contribution in [0.1, 0.15) is 13.8 Å². The molecule has 17 heavy (non-hydrogen) atoms. The molecule has 2 aromatic rings. The Bertz CT molecular complexity index is 517. The van der Waals surface area contributed by atoms with Crippen molar-refractivity contribution >= 4 is 16.8 Å². The van der Waals surface area contributed by atoms with Gasteiger partial charge in [-0.15, -0.1) is 0 Å². The Labute approximate surface area is 100 Å². The first-order valence-electron chi connectivity index (χ1n) is 5.70. The van der Waals surface area contributed by atoms with Crippen LogP contribution in [0.5, 0.6) is 0 Å². The number of benzene rings is 1. The van der Waals surface area contributed by atoms with Gasteiger partial charge in [0.2, 0.25) is 0 Å². The van der Waals surface area contributed by atoms with Crippen molar-refractivity contribution in [2.75, 3.05) is 6.61 Å². The maximum Gasteiger partial charge on any atom is 0.178 e. The van der Waals surface area contributed by atoms with Gasteiger partial charge in [-0.2, -0.15) is 0 Å². The molecule has 0 amide bonds. The third-order valence-electron chi connectivity index (χ3n) is 2.45. The molecule has 1 heterocycles. The fourth-order valence-electron chi connectivity index (χ4n) is 1.63. The first kappa shape index (κ1) is 11.8. The Hall–Kier alpha value is -1.68. The van der Waals surface area contributed by atoms with Crippen molar-refractivity contribution < 1.29 is 9.53 Å². The number of ether oxygens (including phenoxy) is 1. The highest BCUT2D eigenvalue weighted by molar-refractivity contribution is 5.82. The second kappa shape index (κ2) is 5.10. The third kappa shape index (κ3) is 2.91. The van der Waals surface area contributed by atoms with Crippen molar-refractivity contribution in [3.63, 3.8) is 0 Å². The van der Waals surface area contributed by atoms with Gasteiger partial charge in [-0.05, 0) is 26.0 Å². The number of hydrogen-bond acceptors (Lipinski definition) is 3. The monoisotopic (exact) mass is 232 g/mol. The summed E-state index contributed by atoms with van der Waals surface area (Å²) in [6.07, 6.45) is 1.77. The highest BCUT2D eigenvalue weighted by Gasteiger charge is 2.07. The summed E-state index contributed by atoms with van der Waals surface area (Å²) in [7, 11) is 0. The number of hydrogen-bond donors (Lipinski definition) is 0. The molecule has 90 valence electrons. The lowest BCUT2D eigenvalue weighted by atomic mass is 10.3. The molecule has 0 saturated carbocycles. The van der Waals surface area contributed by atoms with E-state index in [1.807, 2.05) is 42.7 Å². The number of aromatic nitrogens is 2. The van der Waals surface area contributed by atoms with Gasteiger partial charge in [-0.25, -0.2) is 4.98 Å². The molecular formula is C13H16N2O2. The summed E-state index contributed by atoms with van der Waals surface area (Å²) in [6, 6.07) is 7.76. The molecule has 0 spiro atoms. The topological polar surface area (TPSA) is 44.1 Å². The van der Waals surface area contributed by atoms with Crippen molar-refractivity contribution in [2.45, 2.75) is 26.5 Å².